The number of benzene rings is 13. The third-order valence-electron chi connectivity index (χ3n) is 15.4. The summed E-state index contributed by atoms with van der Waals surface area (Å²) in [7, 11) is -2.86. The van der Waals surface area contributed by atoms with E-state index >= 15 is 0 Å². The molecule has 1 nitrogen and oxygen atoms in total. The number of hydrogen-bond acceptors (Lipinski definition) is 1. The first-order chi connectivity index (χ1) is 38.8. The van der Waals surface area contributed by atoms with Crippen LogP contribution in [0, 0.1) is 0 Å². The first-order valence-corrected chi connectivity index (χ1v) is 28.9. The normalized spacial score (nSPS) is 11.3. The summed E-state index contributed by atoms with van der Waals surface area (Å²) in [5, 5.41) is 7.74. The van der Waals surface area contributed by atoms with Gasteiger partial charge >= 0.3 is 0 Å². The minimum Gasteiger partial charge on any atom is -0.310 e. The van der Waals surface area contributed by atoms with Crippen LogP contribution in [-0.4, -0.2) is 8.07 Å². The molecule has 0 aliphatic carbocycles. The summed E-state index contributed by atoms with van der Waals surface area (Å²) >= 11 is 0. The summed E-state index contributed by atoms with van der Waals surface area (Å²) in [6.07, 6.45) is 0. The Balaban J connectivity index is 1.05. The third-order valence-corrected chi connectivity index (χ3v) is 20.2. The van der Waals surface area contributed by atoms with E-state index in [9.17, 15) is 0 Å². The topological polar surface area (TPSA) is 3.24 Å². The summed E-state index contributed by atoms with van der Waals surface area (Å²) in [6, 6.07) is 123. The second kappa shape index (κ2) is 21.4. The Bertz CT molecular complexity index is 4050. The van der Waals surface area contributed by atoms with Gasteiger partial charge in [-0.25, -0.2) is 0 Å². The van der Waals surface area contributed by atoms with E-state index in [-0.39, 0.29) is 0 Å². The fourth-order valence-electron chi connectivity index (χ4n) is 12.1. The molecule has 13 rings (SSSR count). The van der Waals surface area contributed by atoms with Crippen LogP contribution in [0.2, 0.25) is 0 Å². The van der Waals surface area contributed by atoms with Crippen LogP contribution < -0.4 is 25.6 Å². The van der Waals surface area contributed by atoms with Gasteiger partial charge in [-0.2, -0.15) is 0 Å². The van der Waals surface area contributed by atoms with Crippen molar-refractivity contribution in [3.8, 4) is 66.8 Å². The van der Waals surface area contributed by atoms with Crippen LogP contribution in [-0.2, 0) is 0 Å². The predicted molar refractivity (Wildman–Crippen MR) is 335 cm³/mol. The number of fused-ring (bicyclic) bond motifs is 1. The molecule has 0 aromatic heterocycles. The van der Waals surface area contributed by atoms with Gasteiger partial charge in [0.05, 0.1) is 5.69 Å². The molecule has 0 saturated heterocycles. The van der Waals surface area contributed by atoms with Crippen LogP contribution in [0.4, 0.5) is 17.1 Å². The van der Waals surface area contributed by atoms with E-state index in [1.807, 2.05) is 0 Å². The molecule has 0 aliphatic rings. The molecule has 0 N–H and O–H groups in total. The zero-order valence-corrected chi connectivity index (χ0v) is 44.2. The van der Waals surface area contributed by atoms with E-state index < -0.39 is 8.07 Å². The Morgan fingerprint density at radius 3 is 1.05 bits per heavy atom. The molecule has 0 heterocycles. The van der Waals surface area contributed by atoms with Crippen LogP contribution in [0.15, 0.2) is 334 Å². The van der Waals surface area contributed by atoms with Crippen molar-refractivity contribution >= 4 is 56.7 Å². The molecule has 368 valence electrons. The number of hydrogen-bond donors (Lipinski definition) is 0. The molecule has 0 bridgehead atoms. The number of nitrogens with zero attached hydrogens (tertiary/aromatic N) is 1. The van der Waals surface area contributed by atoms with Gasteiger partial charge in [0.2, 0.25) is 0 Å². The van der Waals surface area contributed by atoms with Gasteiger partial charge in [-0.1, -0.05) is 297 Å². The molecule has 0 radical (unpaired) electrons. The van der Waals surface area contributed by atoms with Crippen molar-refractivity contribution in [3.63, 3.8) is 0 Å². The molecule has 13 aromatic rings. The molecule has 0 amide bonds. The maximum Gasteiger partial charge on any atom is 0.179 e. The van der Waals surface area contributed by atoms with E-state index in [0.717, 1.165) is 39.3 Å². The second-order valence-corrected chi connectivity index (χ2v) is 23.7. The van der Waals surface area contributed by atoms with Crippen molar-refractivity contribution in [1.29, 1.82) is 0 Å². The van der Waals surface area contributed by atoms with Crippen molar-refractivity contribution in [1.82, 2.24) is 0 Å². The van der Waals surface area contributed by atoms with Gasteiger partial charge in [0.1, 0.15) is 0 Å². The maximum absolute atomic E-state index is 2.86. The minimum absolute atomic E-state index is 1.08. The Morgan fingerprint density at radius 1 is 0.205 bits per heavy atom. The van der Waals surface area contributed by atoms with Crippen LogP contribution in [0.1, 0.15) is 0 Å². The molecule has 0 spiro atoms. The largest absolute Gasteiger partial charge is 0.310 e. The highest BCUT2D eigenvalue weighted by Gasteiger charge is 2.41. The van der Waals surface area contributed by atoms with Gasteiger partial charge in [-0.05, 0) is 129 Å². The number of para-hydroxylation sites is 2. The zero-order valence-electron chi connectivity index (χ0n) is 43.2. The van der Waals surface area contributed by atoms with Crippen LogP contribution in [0.25, 0.3) is 77.5 Å². The fourth-order valence-corrected chi connectivity index (χ4v) is 16.9. The van der Waals surface area contributed by atoms with Gasteiger partial charge in [0.15, 0.2) is 8.07 Å². The lowest BCUT2D eigenvalue weighted by molar-refractivity contribution is 1.29. The Hall–Kier alpha value is -9.86. The second-order valence-electron chi connectivity index (χ2n) is 19.9. The molecular formula is C76H55NSi. The lowest BCUT2D eigenvalue weighted by Gasteiger charge is -2.35. The molecule has 78 heavy (non-hydrogen) atoms. The van der Waals surface area contributed by atoms with Crippen LogP contribution in [0.3, 0.4) is 0 Å². The van der Waals surface area contributed by atoms with E-state index in [1.54, 1.807) is 0 Å². The van der Waals surface area contributed by atoms with Crippen molar-refractivity contribution < 1.29 is 0 Å². The molecule has 0 saturated carbocycles. The van der Waals surface area contributed by atoms with Crippen LogP contribution >= 0.6 is 0 Å². The van der Waals surface area contributed by atoms with Crippen molar-refractivity contribution in [2.24, 2.45) is 0 Å². The van der Waals surface area contributed by atoms with Gasteiger partial charge in [-0.15, -0.1) is 0 Å². The van der Waals surface area contributed by atoms with E-state index in [1.165, 1.54) is 76.0 Å². The monoisotopic (exact) mass is 1010 g/mol. The maximum atomic E-state index is 2.47. The van der Waals surface area contributed by atoms with E-state index in [0.29, 0.717) is 0 Å². The molecule has 0 atom stereocenters. The molecular weight excluding hydrogens is 955 g/mol. The zero-order chi connectivity index (χ0) is 52.1. The van der Waals surface area contributed by atoms with E-state index in [4.69, 9.17) is 0 Å². The predicted octanol–water partition coefficient (Wildman–Crippen LogP) is 17.7. The minimum atomic E-state index is -2.86. The van der Waals surface area contributed by atoms with Crippen molar-refractivity contribution in [3.05, 3.63) is 334 Å². The van der Waals surface area contributed by atoms with Gasteiger partial charge in [0.25, 0.3) is 0 Å². The third kappa shape index (κ3) is 8.74. The van der Waals surface area contributed by atoms with Crippen molar-refractivity contribution in [2.45, 2.75) is 0 Å². The Labute approximate surface area is 459 Å². The van der Waals surface area contributed by atoms with Crippen molar-refractivity contribution in [2.75, 3.05) is 4.90 Å². The number of anilines is 3. The summed E-state index contributed by atoms with van der Waals surface area (Å²) < 4.78 is 0. The lowest BCUT2D eigenvalue weighted by atomic mass is 9.78. The summed E-state index contributed by atoms with van der Waals surface area (Å²) in [5.74, 6) is 0. The molecule has 0 unspecified atom stereocenters. The number of rotatable bonds is 13. The summed E-state index contributed by atoms with van der Waals surface area (Å²) in [5.41, 5.74) is 17.5. The van der Waals surface area contributed by atoms with Gasteiger partial charge < -0.3 is 4.90 Å². The van der Waals surface area contributed by atoms with E-state index in [2.05, 4.69) is 339 Å². The highest BCUT2D eigenvalue weighted by Crippen LogP contribution is 2.52. The fraction of sp³-hybridized carbons (Fsp3) is 0. The Kier molecular flexibility index (Phi) is 13.1. The average Bonchev–Trinajstić information content (AvgIpc) is 3.67. The molecule has 2 heteroatoms. The smallest absolute Gasteiger partial charge is 0.179 e. The Morgan fingerprint density at radius 2 is 0.564 bits per heavy atom. The highest BCUT2D eigenvalue weighted by atomic mass is 28.3. The SMILES string of the molecule is c1ccc(-c2c(-c3ccccc3)c(-c3ccccc3)c3cc(-c4ccccc4-c4ccccc4N(c4ccccc4)c4cccc([Si](c5ccccc5)(c5ccccc5)c5ccccc5)c4)ccc3c2-c2ccccc2)cc1. The van der Waals surface area contributed by atoms with Gasteiger partial charge in [-0.3, -0.25) is 0 Å². The quantitative estimate of drug-likeness (QED) is 0.0822. The van der Waals surface area contributed by atoms with Gasteiger partial charge in [0, 0.05) is 16.9 Å². The first kappa shape index (κ1) is 47.8. The molecule has 0 fully saturated rings. The standard InChI is InChI=1S/C76H55NSi/c1-9-30-56(31-10-1)73-70-53-52-60(54-71(70)74(57-32-11-2-12-33-57)76(59-36-15-4-16-37-59)75(73)58-34-13-3-14-35-58)67-48-25-26-49-68(67)69-50-27-28-51-72(69)77(61-38-17-5-18-39-61)62-40-29-47-66(55-62)78(63-41-19-6-20-42-63,64-43-21-7-22-44-64)65-45-23-8-24-46-65/h1-55H. The molecule has 13 aromatic carbocycles. The lowest BCUT2D eigenvalue weighted by Crippen LogP contribution is -2.74. The molecule has 0 aliphatic heterocycles. The average molecular weight is 1010 g/mol. The first-order valence-electron chi connectivity index (χ1n) is 26.9. The van der Waals surface area contributed by atoms with Crippen LogP contribution in [0.5, 0.6) is 0 Å². The highest BCUT2D eigenvalue weighted by molar-refractivity contribution is 7.19. The summed E-state index contributed by atoms with van der Waals surface area (Å²) in [4.78, 5) is 2.47. The summed E-state index contributed by atoms with van der Waals surface area (Å²) in [6.45, 7) is 0.